The van der Waals surface area contributed by atoms with Crippen LogP contribution in [0.1, 0.15) is 22.9 Å². The molecule has 1 heterocycles. The van der Waals surface area contributed by atoms with Crippen molar-refractivity contribution in [2.75, 3.05) is 14.2 Å². The van der Waals surface area contributed by atoms with E-state index in [1.54, 1.807) is 20.5 Å². The van der Waals surface area contributed by atoms with E-state index in [4.69, 9.17) is 19.7 Å². The summed E-state index contributed by atoms with van der Waals surface area (Å²) >= 11 is 0. The lowest BCUT2D eigenvalue weighted by Gasteiger charge is -2.17. The second-order valence-corrected chi connectivity index (χ2v) is 4.15. The monoisotopic (exact) mass is 262 g/mol. The Morgan fingerprint density at radius 3 is 2.42 bits per heavy atom. The normalized spacial score (nSPS) is 12.2. The molecule has 3 N–H and O–H groups in total. The molecule has 0 fully saturated rings. The first-order chi connectivity index (χ1) is 9.21. The van der Waals surface area contributed by atoms with Crippen molar-refractivity contribution >= 4 is 0 Å². The number of ether oxygens (including phenoxy) is 2. The van der Waals surface area contributed by atoms with E-state index < -0.39 is 0 Å². The molecule has 0 bridgehead atoms. The van der Waals surface area contributed by atoms with E-state index in [0.717, 1.165) is 16.9 Å². The molecule has 0 aliphatic rings. The van der Waals surface area contributed by atoms with Crippen LogP contribution in [-0.4, -0.2) is 14.2 Å². The van der Waals surface area contributed by atoms with Crippen molar-refractivity contribution in [3.63, 3.8) is 0 Å². The average Bonchev–Trinajstić information content (AvgIpc) is 2.86. The molecule has 2 rings (SSSR count). The molecule has 0 radical (unpaired) electrons. The number of hydrazine groups is 1. The first-order valence-corrected chi connectivity index (χ1v) is 5.93. The second kappa shape index (κ2) is 5.77. The summed E-state index contributed by atoms with van der Waals surface area (Å²) in [6, 6.07) is 7.44. The van der Waals surface area contributed by atoms with E-state index in [-0.39, 0.29) is 6.04 Å². The van der Waals surface area contributed by atoms with Gasteiger partial charge in [0.2, 0.25) is 0 Å². The largest absolute Gasteiger partial charge is 0.493 e. The molecule has 102 valence electrons. The van der Waals surface area contributed by atoms with Gasteiger partial charge in [-0.2, -0.15) is 0 Å². The van der Waals surface area contributed by atoms with Gasteiger partial charge in [-0.05, 0) is 30.7 Å². The van der Waals surface area contributed by atoms with Gasteiger partial charge in [-0.3, -0.25) is 5.84 Å². The van der Waals surface area contributed by atoms with E-state index in [2.05, 4.69) is 5.43 Å². The summed E-state index contributed by atoms with van der Waals surface area (Å²) in [5.41, 5.74) is 4.77. The zero-order valence-electron chi connectivity index (χ0n) is 11.3. The smallest absolute Gasteiger partial charge is 0.161 e. The molecule has 0 aliphatic carbocycles. The molecular weight excluding hydrogens is 244 g/mol. The van der Waals surface area contributed by atoms with Gasteiger partial charge in [0, 0.05) is 5.56 Å². The van der Waals surface area contributed by atoms with E-state index in [1.807, 2.05) is 31.2 Å². The van der Waals surface area contributed by atoms with E-state index in [0.29, 0.717) is 11.5 Å². The van der Waals surface area contributed by atoms with Crippen LogP contribution in [-0.2, 0) is 0 Å². The molecular formula is C14H18N2O3. The molecule has 0 amide bonds. The predicted octanol–water partition coefficient (Wildman–Crippen LogP) is 2.16. The maximum absolute atomic E-state index is 5.66. The Morgan fingerprint density at radius 1 is 1.16 bits per heavy atom. The Balaban J connectivity index is 2.42. The van der Waals surface area contributed by atoms with Crippen molar-refractivity contribution < 1.29 is 13.9 Å². The van der Waals surface area contributed by atoms with Crippen LogP contribution in [0.3, 0.4) is 0 Å². The lowest BCUT2D eigenvalue weighted by atomic mass is 9.99. The lowest BCUT2D eigenvalue weighted by molar-refractivity contribution is 0.354. The van der Waals surface area contributed by atoms with E-state index in [1.165, 1.54) is 0 Å². The first-order valence-electron chi connectivity index (χ1n) is 5.93. The number of benzene rings is 1. The molecule has 1 unspecified atom stereocenters. The molecule has 0 spiro atoms. The maximum Gasteiger partial charge on any atom is 0.161 e. The zero-order chi connectivity index (χ0) is 13.8. The number of aryl methyl sites for hydroxylation is 1. The number of furan rings is 1. The first kappa shape index (κ1) is 13.5. The summed E-state index contributed by atoms with van der Waals surface area (Å²) in [6.45, 7) is 1.90. The fourth-order valence-corrected chi connectivity index (χ4v) is 2.09. The number of hydrogen-bond donors (Lipinski definition) is 2. The molecule has 0 aliphatic heterocycles. The minimum Gasteiger partial charge on any atom is -0.493 e. The van der Waals surface area contributed by atoms with Crippen LogP contribution in [0.4, 0.5) is 0 Å². The highest BCUT2D eigenvalue weighted by atomic mass is 16.5. The third-order valence-electron chi connectivity index (χ3n) is 3.12. The van der Waals surface area contributed by atoms with Gasteiger partial charge in [0.1, 0.15) is 5.76 Å². The van der Waals surface area contributed by atoms with Gasteiger partial charge < -0.3 is 13.9 Å². The van der Waals surface area contributed by atoms with Gasteiger partial charge in [0.25, 0.3) is 0 Å². The van der Waals surface area contributed by atoms with Gasteiger partial charge in [-0.25, -0.2) is 5.43 Å². The maximum atomic E-state index is 5.66. The zero-order valence-corrected chi connectivity index (χ0v) is 11.3. The second-order valence-electron chi connectivity index (χ2n) is 4.15. The van der Waals surface area contributed by atoms with Crippen LogP contribution in [0.15, 0.2) is 34.9 Å². The summed E-state index contributed by atoms with van der Waals surface area (Å²) in [5.74, 6) is 7.85. The van der Waals surface area contributed by atoms with Crippen molar-refractivity contribution in [1.29, 1.82) is 0 Å². The van der Waals surface area contributed by atoms with E-state index >= 15 is 0 Å². The van der Waals surface area contributed by atoms with Crippen molar-refractivity contribution in [3.8, 4) is 11.5 Å². The van der Waals surface area contributed by atoms with Crippen LogP contribution in [0, 0.1) is 6.92 Å². The molecule has 5 nitrogen and oxygen atoms in total. The molecule has 1 atom stereocenters. The summed E-state index contributed by atoms with van der Waals surface area (Å²) in [4.78, 5) is 0. The summed E-state index contributed by atoms with van der Waals surface area (Å²) in [5, 5.41) is 0. The van der Waals surface area contributed by atoms with Crippen LogP contribution in [0.2, 0.25) is 0 Å². The highest BCUT2D eigenvalue weighted by molar-refractivity contribution is 5.46. The third-order valence-corrected chi connectivity index (χ3v) is 3.12. The standard InChI is InChI=1S/C14H18N2O3/c1-9-11(6-7-19-9)14(16-15)10-4-5-12(17-2)13(8-10)18-3/h4-8,14,16H,15H2,1-3H3. The topological polar surface area (TPSA) is 69.7 Å². The van der Waals surface area contributed by atoms with Crippen LogP contribution in [0.25, 0.3) is 0 Å². The minimum absolute atomic E-state index is 0.154. The molecule has 0 saturated heterocycles. The van der Waals surface area contributed by atoms with Gasteiger partial charge >= 0.3 is 0 Å². The molecule has 19 heavy (non-hydrogen) atoms. The Labute approximate surface area is 112 Å². The van der Waals surface area contributed by atoms with Gasteiger partial charge in [-0.1, -0.05) is 6.07 Å². The third kappa shape index (κ3) is 2.57. The number of nitrogens with two attached hydrogens (primary N) is 1. The fourth-order valence-electron chi connectivity index (χ4n) is 2.09. The van der Waals surface area contributed by atoms with Crippen molar-refractivity contribution in [1.82, 2.24) is 5.43 Å². The van der Waals surface area contributed by atoms with Gasteiger partial charge in [0.15, 0.2) is 11.5 Å². The molecule has 1 aromatic carbocycles. The van der Waals surface area contributed by atoms with Crippen molar-refractivity contribution in [2.45, 2.75) is 13.0 Å². The highest BCUT2D eigenvalue weighted by Gasteiger charge is 2.18. The number of hydrogen-bond acceptors (Lipinski definition) is 5. The number of methoxy groups -OCH3 is 2. The van der Waals surface area contributed by atoms with Gasteiger partial charge in [0.05, 0.1) is 26.5 Å². The predicted molar refractivity (Wildman–Crippen MR) is 72.2 cm³/mol. The number of rotatable bonds is 5. The Morgan fingerprint density at radius 2 is 1.89 bits per heavy atom. The Kier molecular flexibility index (Phi) is 4.09. The number of nitrogens with one attached hydrogen (secondary N) is 1. The minimum atomic E-state index is -0.154. The quantitative estimate of drug-likeness (QED) is 0.638. The van der Waals surface area contributed by atoms with Gasteiger partial charge in [-0.15, -0.1) is 0 Å². The van der Waals surface area contributed by atoms with Crippen LogP contribution >= 0.6 is 0 Å². The van der Waals surface area contributed by atoms with Crippen molar-refractivity contribution in [3.05, 3.63) is 47.4 Å². The molecule has 2 aromatic rings. The average molecular weight is 262 g/mol. The lowest BCUT2D eigenvalue weighted by Crippen LogP contribution is -2.29. The SMILES string of the molecule is COc1ccc(C(NN)c2ccoc2C)cc1OC. The van der Waals surface area contributed by atoms with Crippen LogP contribution in [0.5, 0.6) is 11.5 Å². The molecule has 5 heteroatoms. The Hall–Kier alpha value is -1.98. The fraction of sp³-hybridized carbons (Fsp3) is 0.286. The Bertz CT molecular complexity index is 551. The molecule has 1 aromatic heterocycles. The summed E-state index contributed by atoms with van der Waals surface area (Å²) in [6.07, 6.45) is 1.65. The van der Waals surface area contributed by atoms with Crippen LogP contribution < -0.4 is 20.7 Å². The highest BCUT2D eigenvalue weighted by Crippen LogP contribution is 2.32. The summed E-state index contributed by atoms with van der Waals surface area (Å²) < 4.78 is 15.8. The van der Waals surface area contributed by atoms with Crippen molar-refractivity contribution in [2.24, 2.45) is 5.84 Å². The summed E-state index contributed by atoms with van der Waals surface area (Å²) in [7, 11) is 3.21. The van der Waals surface area contributed by atoms with E-state index in [9.17, 15) is 0 Å². The molecule has 0 saturated carbocycles.